The molecule has 0 heterocycles. The van der Waals surface area contributed by atoms with Crippen molar-refractivity contribution in [3.8, 4) is 0 Å². The summed E-state index contributed by atoms with van der Waals surface area (Å²) in [5, 5.41) is 3.32. The van der Waals surface area contributed by atoms with Crippen LogP contribution < -0.4 is 5.32 Å². The molecule has 1 amide bonds. The standard InChI is InChI=1S/C21H25ClN2O3S/c1-16-7-5-6-10-20(16)23-21(25)15-24(18-8-3-2-4-9-18)28(26,27)19-13-11-17(22)12-14-19/h5-7,10-14,18H,2-4,8-9,15H2,1H3,(H,23,25). The van der Waals surface area contributed by atoms with Crippen molar-refractivity contribution in [3.63, 3.8) is 0 Å². The Labute approximate surface area is 171 Å². The molecule has 0 atom stereocenters. The van der Waals surface area contributed by atoms with Crippen LogP contribution in [0.25, 0.3) is 0 Å². The summed E-state index contributed by atoms with van der Waals surface area (Å²) in [6.07, 6.45) is 4.57. The van der Waals surface area contributed by atoms with Crippen LogP contribution in [0.4, 0.5) is 5.69 Å². The largest absolute Gasteiger partial charge is 0.325 e. The number of hydrogen-bond acceptors (Lipinski definition) is 3. The highest BCUT2D eigenvalue weighted by molar-refractivity contribution is 7.89. The fourth-order valence-electron chi connectivity index (χ4n) is 3.57. The van der Waals surface area contributed by atoms with Crippen LogP contribution in [0.3, 0.4) is 0 Å². The van der Waals surface area contributed by atoms with E-state index in [1.807, 2.05) is 31.2 Å². The van der Waals surface area contributed by atoms with E-state index in [1.54, 1.807) is 12.1 Å². The Morgan fingerprint density at radius 2 is 1.71 bits per heavy atom. The summed E-state index contributed by atoms with van der Waals surface area (Å²) < 4.78 is 28.0. The number of nitrogens with zero attached hydrogens (tertiary/aromatic N) is 1. The van der Waals surface area contributed by atoms with Gasteiger partial charge in [-0.15, -0.1) is 0 Å². The van der Waals surface area contributed by atoms with E-state index in [-0.39, 0.29) is 23.4 Å². The molecule has 3 rings (SSSR count). The number of anilines is 1. The van der Waals surface area contributed by atoms with E-state index in [4.69, 9.17) is 11.6 Å². The van der Waals surface area contributed by atoms with Gasteiger partial charge in [0.15, 0.2) is 0 Å². The third-order valence-corrected chi connectivity index (χ3v) is 7.29. The summed E-state index contributed by atoms with van der Waals surface area (Å²) in [6, 6.07) is 13.4. The Morgan fingerprint density at radius 3 is 2.36 bits per heavy atom. The molecule has 0 radical (unpaired) electrons. The van der Waals surface area contributed by atoms with Crippen molar-refractivity contribution >= 4 is 33.2 Å². The summed E-state index contributed by atoms with van der Waals surface area (Å²) in [4.78, 5) is 12.9. The molecule has 2 aromatic rings. The zero-order valence-corrected chi connectivity index (χ0v) is 17.5. The molecular weight excluding hydrogens is 396 g/mol. The Bertz CT molecular complexity index is 923. The van der Waals surface area contributed by atoms with E-state index >= 15 is 0 Å². The lowest BCUT2D eigenvalue weighted by Crippen LogP contribution is -2.45. The van der Waals surface area contributed by atoms with Gasteiger partial charge in [0.05, 0.1) is 11.4 Å². The highest BCUT2D eigenvalue weighted by atomic mass is 35.5. The van der Waals surface area contributed by atoms with Gasteiger partial charge in [0.2, 0.25) is 15.9 Å². The number of para-hydroxylation sites is 1. The minimum Gasteiger partial charge on any atom is -0.325 e. The molecule has 0 bridgehead atoms. The van der Waals surface area contributed by atoms with Gasteiger partial charge in [-0.1, -0.05) is 49.1 Å². The highest BCUT2D eigenvalue weighted by Crippen LogP contribution is 2.28. The molecule has 1 aliphatic carbocycles. The molecule has 5 nitrogen and oxygen atoms in total. The van der Waals surface area contributed by atoms with Crippen LogP contribution >= 0.6 is 11.6 Å². The molecule has 0 saturated heterocycles. The molecule has 0 spiro atoms. The van der Waals surface area contributed by atoms with Crippen LogP contribution in [0, 0.1) is 6.92 Å². The van der Waals surface area contributed by atoms with Crippen molar-refractivity contribution in [1.82, 2.24) is 4.31 Å². The van der Waals surface area contributed by atoms with Crippen LogP contribution in [0.15, 0.2) is 53.4 Å². The van der Waals surface area contributed by atoms with Gasteiger partial charge in [0, 0.05) is 16.8 Å². The maximum absolute atomic E-state index is 13.3. The first-order chi connectivity index (χ1) is 13.4. The Morgan fingerprint density at radius 1 is 1.07 bits per heavy atom. The summed E-state index contributed by atoms with van der Waals surface area (Å²) in [6.45, 7) is 1.70. The first-order valence-electron chi connectivity index (χ1n) is 9.51. The molecule has 2 aromatic carbocycles. The maximum Gasteiger partial charge on any atom is 0.243 e. The van der Waals surface area contributed by atoms with Crippen LogP contribution in [0.1, 0.15) is 37.7 Å². The van der Waals surface area contributed by atoms with Gasteiger partial charge in [-0.3, -0.25) is 4.79 Å². The van der Waals surface area contributed by atoms with Crippen molar-refractivity contribution in [2.24, 2.45) is 0 Å². The van der Waals surface area contributed by atoms with Gasteiger partial charge in [-0.2, -0.15) is 4.31 Å². The minimum atomic E-state index is -3.80. The number of nitrogens with one attached hydrogen (secondary N) is 1. The fraction of sp³-hybridized carbons (Fsp3) is 0.381. The number of amides is 1. The number of carbonyl (C=O) groups excluding carboxylic acids is 1. The molecule has 1 N–H and O–H groups in total. The molecule has 150 valence electrons. The molecule has 1 aliphatic rings. The fourth-order valence-corrected chi connectivity index (χ4v) is 5.33. The normalized spacial score (nSPS) is 15.5. The van der Waals surface area contributed by atoms with Crippen molar-refractivity contribution in [3.05, 3.63) is 59.1 Å². The second-order valence-electron chi connectivity index (χ2n) is 7.16. The molecule has 0 unspecified atom stereocenters. The SMILES string of the molecule is Cc1ccccc1NC(=O)CN(C1CCCCC1)S(=O)(=O)c1ccc(Cl)cc1. The lowest BCUT2D eigenvalue weighted by molar-refractivity contribution is -0.116. The second-order valence-corrected chi connectivity index (χ2v) is 9.49. The summed E-state index contributed by atoms with van der Waals surface area (Å²) in [5.74, 6) is -0.336. The monoisotopic (exact) mass is 420 g/mol. The molecule has 1 saturated carbocycles. The number of sulfonamides is 1. The van der Waals surface area contributed by atoms with Gasteiger partial charge in [-0.05, 0) is 55.7 Å². The zero-order chi connectivity index (χ0) is 20.1. The number of halogens is 1. The first kappa shape index (κ1) is 20.8. The quantitative estimate of drug-likeness (QED) is 0.741. The lowest BCUT2D eigenvalue weighted by atomic mass is 9.95. The Hall–Kier alpha value is -1.89. The van der Waals surface area contributed by atoms with Crippen molar-refractivity contribution in [1.29, 1.82) is 0 Å². The molecule has 0 aliphatic heterocycles. The third kappa shape index (κ3) is 4.93. The van der Waals surface area contributed by atoms with E-state index in [0.29, 0.717) is 10.7 Å². The molecule has 7 heteroatoms. The summed E-state index contributed by atoms with van der Waals surface area (Å²) in [5.41, 5.74) is 1.63. The third-order valence-electron chi connectivity index (χ3n) is 5.12. The average molecular weight is 421 g/mol. The summed E-state index contributed by atoms with van der Waals surface area (Å²) >= 11 is 5.91. The van der Waals surface area contributed by atoms with Gasteiger partial charge < -0.3 is 5.32 Å². The van der Waals surface area contributed by atoms with Gasteiger partial charge in [0.1, 0.15) is 0 Å². The molecule has 0 aromatic heterocycles. The van der Waals surface area contributed by atoms with Crippen LogP contribution in [-0.2, 0) is 14.8 Å². The van der Waals surface area contributed by atoms with E-state index in [9.17, 15) is 13.2 Å². The zero-order valence-electron chi connectivity index (χ0n) is 15.9. The average Bonchev–Trinajstić information content (AvgIpc) is 2.69. The number of carbonyl (C=O) groups is 1. The van der Waals surface area contributed by atoms with E-state index in [1.165, 1.54) is 16.4 Å². The van der Waals surface area contributed by atoms with E-state index in [2.05, 4.69) is 5.32 Å². The topological polar surface area (TPSA) is 66.5 Å². The highest BCUT2D eigenvalue weighted by Gasteiger charge is 2.34. The predicted octanol–water partition coefficient (Wildman–Crippen LogP) is 4.61. The number of hydrogen-bond donors (Lipinski definition) is 1. The van der Waals surface area contributed by atoms with E-state index in [0.717, 1.165) is 37.7 Å². The van der Waals surface area contributed by atoms with Crippen LogP contribution in [0.5, 0.6) is 0 Å². The Kier molecular flexibility index (Phi) is 6.75. The maximum atomic E-state index is 13.3. The van der Waals surface area contributed by atoms with Crippen LogP contribution in [0.2, 0.25) is 5.02 Å². The second kappa shape index (κ2) is 9.07. The van der Waals surface area contributed by atoms with E-state index < -0.39 is 10.0 Å². The predicted molar refractivity (Wildman–Crippen MR) is 112 cm³/mol. The van der Waals surface area contributed by atoms with Crippen LogP contribution in [-0.4, -0.2) is 31.2 Å². The number of benzene rings is 2. The molecule has 1 fully saturated rings. The first-order valence-corrected chi connectivity index (χ1v) is 11.3. The van der Waals surface area contributed by atoms with Crippen molar-refractivity contribution in [2.45, 2.75) is 50.0 Å². The van der Waals surface area contributed by atoms with Crippen molar-refractivity contribution in [2.75, 3.05) is 11.9 Å². The molecular formula is C21H25ClN2O3S. The van der Waals surface area contributed by atoms with Gasteiger partial charge in [-0.25, -0.2) is 8.42 Å². The van der Waals surface area contributed by atoms with Gasteiger partial charge >= 0.3 is 0 Å². The smallest absolute Gasteiger partial charge is 0.243 e. The number of aryl methyl sites for hydroxylation is 1. The Balaban J connectivity index is 1.85. The van der Waals surface area contributed by atoms with Gasteiger partial charge in [0.25, 0.3) is 0 Å². The minimum absolute atomic E-state index is 0.158. The van der Waals surface area contributed by atoms with Crippen molar-refractivity contribution < 1.29 is 13.2 Å². The summed E-state index contributed by atoms with van der Waals surface area (Å²) in [7, 11) is -3.80. The molecule has 28 heavy (non-hydrogen) atoms. The lowest BCUT2D eigenvalue weighted by Gasteiger charge is -2.33. The number of rotatable bonds is 6.